The molecule has 1 unspecified atom stereocenters. The maximum absolute atomic E-state index is 13.8. The summed E-state index contributed by atoms with van der Waals surface area (Å²) in [6, 6.07) is 13.9. The fraction of sp³-hybridized carbons (Fsp3) is 0.462. The van der Waals surface area contributed by atoms with E-state index in [9.17, 15) is 14.7 Å². The first-order chi connectivity index (χ1) is 15.9. The lowest BCUT2D eigenvalue weighted by molar-refractivity contribution is -0.163. The minimum absolute atomic E-state index is 0.101. The van der Waals surface area contributed by atoms with E-state index in [1.807, 2.05) is 43.3 Å². The summed E-state index contributed by atoms with van der Waals surface area (Å²) in [5.41, 5.74) is 1.88. The van der Waals surface area contributed by atoms with E-state index in [1.165, 1.54) is 0 Å². The molecule has 1 aliphatic heterocycles. The van der Waals surface area contributed by atoms with E-state index >= 15 is 0 Å². The van der Waals surface area contributed by atoms with Crippen molar-refractivity contribution >= 4 is 35.1 Å². The number of benzene rings is 2. The molecular weight excluding hydrogens is 461 g/mol. The van der Waals surface area contributed by atoms with E-state index in [-0.39, 0.29) is 25.0 Å². The van der Waals surface area contributed by atoms with E-state index in [4.69, 9.17) is 27.9 Å². The van der Waals surface area contributed by atoms with Crippen molar-refractivity contribution < 1.29 is 19.4 Å². The number of hydrogen-bond acceptors (Lipinski definition) is 4. The first-order valence-corrected chi connectivity index (χ1v) is 12.3. The zero-order chi connectivity index (χ0) is 24.0. The predicted molar refractivity (Wildman–Crippen MR) is 130 cm³/mol. The van der Waals surface area contributed by atoms with Gasteiger partial charge < -0.3 is 14.7 Å². The summed E-state index contributed by atoms with van der Waals surface area (Å²) in [4.78, 5) is 28.6. The second kappa shape index (κ2) is 11.9. The molecule has 4 atom stereocenters. The van der Waals surface area contributed by atoms with Crippen molar-refractivity contribution in [3.05, 3.63) is 69.7 Å². The zero-order valence-electron chi connectivity index (χ0n) is 19.0. The largest absolute Gasteiger partial charge is 0.464 e. The standard InChI is InChI=1S/C26H31Cl2NO4/c1-3-6-23(26(32)33-4-2)29-24(17-9-11-20(27)12-10-17)22(16-19(13-14-30)25(29)31)18-7-5-8-21(28)15-18/h5,7-12,15,19,22-24,30H,3-4,6,13-14,16H2,1-2H3/t19-,22+,23-,24?/m0/s1. The van der Waals surface area contributed by atoms with Gasteiger partial charge in [0, 0.05) is 28.5 Å². The summed E-state index contributed by atoms with van der Waals surface area (Å²) < 4.78 is 5.39. The molecule has 1 heterocycles. The highest BCUT2D eigenvalue weighted by Gasteiger charge is 2.47. The van der Waals surface area contributed by atoms with Crippen LogP contribution in [0.15, 0.2) is 48.5 Å². The molecule has 0 radical (unpaired) electrons. The highest BCUT2D eigenvalue weighted by atomic mass is 35.5. The average Bonchev–Trinajstić information content (AvgIpc) is 2.80. The zero-order valence-corrected chi connectivity index (χ0v) is 20.6. The monoisotopic (exact) mass is 491 g/mol. The van der Waals surface area contributed by atoms with Gasteiger partial charge in [-0.05, 0) is 61.6 Å². The summed E-state index contributed by atoms with van der Waals surface area (Å²) in [5.74, 6) is -1.06. The maximum Gasteiger partial charge on any atom is 0.328 e. The van der Waals surface area contributed by atoms with Crippen LogP contribution in [0.2, 0.25) is 10.0 Å². The number of aliphatic hydroxyl groups excluding tert-OH is 1. The van der Waals surface area contributed by atoms with Crippen LogP contribution >= 0.6 is 23.2 Å². The van der Waals surface area contributed by atoms with Crippen molar-refractivity contribution in [1.29, 1.82) is 0 Å². The van der Waals surface area contributed by atoms with Gasteiger partial charge in [0.25, 0.3) is 0 Å². The number of esters is 1. The second-order valence-corrected chi connectivity index (χ2v) is 9.28. The van der Waals surface area contributed by atoms with Crippen LogP contribution in [0.1, 0.15) is 62.6 Å². The molecule has 7 heteroatoms. The molecule has 33 heavy (non-hydrogen) atoms. The van der Waals surface area contributed by atoms with Gasteiger partial charge >= 0.3 is 5.97 Å². The fourth-order valence-corrected chi connectivity index (χ4v) is 5.14. The van der Waals surface area contributed by atoms with Gasteiger partial charge in [0.2, 0.25) is 5.91 Å². The Hall–Kier alpha value is -2.08. The van der Waals surface area contributed by atoms with E-state index in [0.29, 0.717) is 35.7 Å². The van der Waals surface area contributed by atoms with Crippen LogP contribution in [0.3, 0.4) is 0 Å². The van der Waals surface area contributed by atoms with Crippen LogP contribution in [0.5, 0.6) is 0 Å². The summed E-state index contributed by atoms with van der Waals surface area (Å²) in [6.07, 6.45) is 2.09. The maximum atomic E-state index is 13.8. The summed E-state index contributed by atoms with van der Waals surface area (Å²) in [7, 11) is 0. The Labute approximate surface area is 205 Å². The van der Waals surface area contributed by atoms with Crippen LogP contribution in [0.25, 0.3) is 0 Å². The Kier molecular flexibility index (Phi) is 9.19. The molecule has 3 rings (SSSR count). The highest BCUT2D eigenvalue weighted by molar-refractivity contribution is 6.30. The summed E-state index contributed by atoms with van der Waals surface area (Å²) in [5, 5.41) is 10.9. The molecule has 0 bridgehead atoms. The minimum atomic E-state index is -0.716. The Balaban J connectivity index is 2.19. The van der Waals surface area contributed by atoms with E-state index in [2.05, 4.69) is 0 Å². The summed E-state index contributed by atoms with van der Waals surface area (Å²) >= 11 is 12.5. The highest BCUT2D eigenvalue weighted by Crippen LogP contribution is 2.47. The van der Waals surface area contributed by atoms with E-state index in [1.54, 1.807) is 24.0 Å². The molecule has 0 spiro atoms. The molecule has 0 aliphatic carbocycles. The molecule has 1 N–H and O–H groups in total. The number of carbonyl (C=O) groups excluding carboxylic acids is 2. The molecular formula is C26H31Cl2NO4. The van der Waals surface area contributed by atoms with Crippen LogP contribution in [-0.2, 0) is 14.3 Å². The number of aliphatic hydroxyl groups is 1. The quantitative estimate of drug-likeness (QED) is 0.451. The number of carbonyl (C=O) groups is 2. The van der Waals surface area contributed by atoms with E-state index in [0.717, 1.165) is 11.1 Å². The average molecular weight is 492 g/mol. The molecule has 1 aliphatic rings. The van der Waals surface area contributed by atoms with Crippen molar-refractivity contribution in [1.82, 2.24) is 4.90 Å². The van der Waals surface area contributed by atoms with Crippen molar-refractivity contribution in [2.75, 3.05) is 13.2 Å². The van der Waals surface area contributed by atoms with Crippen LogP contribution in [-0.4, -0.2) is 41.1 Å². The SMILES string of the molecule is CCC[C@@H](C(=O)OCC)N1C(=O)[C@@H](CCO)C[C@H](c2cccc(Cl)c2)C1c1ccc(Cl)cc1. The number of halogens is 2. The smallest absolute Gasteiger partial charge is 0.328 e. The Morgan fingerprint density at radius 2 is 1.85 bits per heavy atom. The third-order valence-electron chi connectivity index (χ3n) is 6.25. The van der Waals surface area contributed by atoms with Crippen LogP contribution < -0.4 is 0 Å². The predicted octanol–water partition coefficient (Wildman–Crippen LogP) is 5.78. The molecule has 0 saturated carbocycles. The minimum Gasteiger partial charge on any atom is -0.464 e. The molecule has 2 aromatic carbocycles. The second-order valence-electron chi connectivity index (χ2n) is 8.40. The number of rotatable bonds is 9. The molecule has 5 nitrogen and oxygen atoms in total. The number of ether oxygens (including phenoxy) is 1. The molecule has 1 saturated heterocycles. The van der Waals surface area contributed by atoms with Crippen molar-refractivity contribution in [2.24, 2.45) is 5.92 Å². The fourth-order valence-electron chi connectivity index (χ4n) is 4.81. The third-order valence-corrected chi connectivity index (χ3v) is 6.73. The molecule has 178 valence electrons. The Bertz CT molecular complexity index is 950. The van der Waals surface area contributed by atoms with Gasteiger partial charge in [0.15, 0.2) is 0 Å². The number of amides is 1. The van der Waals surface area contributed by atoms with Crippen LogP contribution in [0, 0.1) is 5.92 Å². The molecule has 2 aromatic rings. The topological polar surface area (TPSA) is 66.8 Å². The molecule has 0 aromatic heterocycles. The lowest BCUT2D eigenvalue weighted by Crippen LogP contribution is -2.54. The third kappa shape index (κ3) is 5.89. The molecule has 1 amide bonds. The van der Waals surface area contributed by atoms with Gasteiger partial charge in [-0.25, -0.2) is 4.79 Å². The Morgan fingerprint density at radius 1 is 1.12 bits per heavy atom. The number of nitrogens with zero attached hydrogens (tertiary/aromatic N) is 1. The van der Waals surface area contributed by atoms with Crippen molar-refractivity contribution in [3.8, 4) is 0 Å². The van der Waals surface area contributed by atoms with Gasteiger partial charge in [-0.15, -0.1) is 0 Å². The van der Waals surface area contributed by atoms with Crippen LogP contribution in [0.4, 0.5) is 0 Å². The first kappa shape index (κ1) is 25.5. The van der Waals surface area contributed by atoms with Gasteiger partial charge in [0.1, 0.15) is 6.04 Å². The van der Waals surface area contributed by atoms with Gasteiger partial charge in [-0.2, -0.15) is 0 Å². The number of likely N-dealkylation sites (tertiary alicyclic amines) is 1. The lowest BCUT2D eigenvalue weighted by Gasteiger charge is -2.47. The van der Waals surface area contributed by atoms with Gasteiger partial charge in [-0.3, -0.25) is 4.79 Å². The Morgan fingerprint density at radius 3 is 2.45 bits per heavy atom. The van der Waals surface area contributed by atoms with E-state index < -0.39 is 24.0 Å². The van der Waals surface area contributed by atoms with Gasteiger partial charge in [-0.1, -0.05) is 60.8 Å². The van der Waals surface area contributed by atoms with Gasteiger partial charge in [0.05, 0.1) is 12.6 Å². The lowest BCUT2D eigenvalue weighted by atomic mass is 9.74. The van der Waals surface area contributed by atoms with Crippen molar-refractivity contribution in [2.45, 2.75) is 57.5 Å². The summed E-state index contributed by atoms with van der Waals surface area (Å²) in [6.45, 7) is 3.89. The number of piperidine rings is 1. The first-order valence-electron chi connectivity index (χ1n) is 11.5. The molecule has 1 fully saturated rings. The van der Waals surface area contributed by atoms with Crippen molar-refractivity contribution in [3.63, 3.8) is 0 Å². The normalized spacial score (nSPS) is 21.7. The number of hydrogen-bond donors (Lipinski definition) is 1.